The van der Waals surface area contributed by atoms with E-state index in [0.29, 0.717) is 29.5 Å². The minimum atomic E-state index is -3.40. The molecule has 2 heterocycles. The Balaban J connectivity index is 1.87. The highest BCUT2D eigenvalue weighted by molar-refractivity contribution is 7.92. The quantitative estimate of drug-likeness (QED) is 0.680. The number of anilines is 1. The predicted molar refractivity (Wildman–Crippen MR) is 105 cm³/mol. The number of hydrogen-bond acceptors (Lipinski definition) is 4. The van der Waals surface area contributed by atoms with Gasteiger partial charge in [-0.05, 0) is 55.5 Å². The molecule has 2 N–H and O–H groups in total. The standard InChI is InChI=1S/C19H21N3O4S/c1-12-9-16(22-8-7-20-19(23)18(12)22)15-10-14(21-27(2,24)25)5-6-17(15)26-11-13-3-4-13/h5-10,13,21H,3-4,11H2,1-2H3,(H,20,23). The van der Waals surface area contributed by atoms with Crippen LogP contribution in [0.1, 0.15) is 18.4 Å². The van der Waals surface area contributed by atoms with Crippen LogP contribution < -0.4 is 15.0 Å². The average molecular weight is 387 g/mol. The molecule has 0 spiro atoms. The largest absolute Gasteiger partial charge is 0.493 e. The smallest absolute Gasteiger partial charge is 0.272 e. The summed E-state index contributed by atoms with van der Waals surface area (Å²) in [6, 6.07) is 7.11. The normalized spacial score (nSPS) is 14.4. The lowest BCUT2D eigenvalue weighted by atomic mass is 10.1. The SMILES string of the molecule is Cc1cc(-c2cc(NS(C)(=O)=O)ccc2OCC2CC2)n2cc[nH]c(=O)c12. The Hall–Kier alpha value is -2.74. The van der Waals surface area contributed by atoms with Crippen LogP contribution in [-0.4, -0.2) is 30.7 Å². The fourth-order valence-corrected chi connectivity index (χ4v) is 3.74. The lowest BCUT2D eigenvalue weighted by molar-refractivity contribution is 0.301. The van der Waals surface area contributed by atoms with Gasteiger partial charge < -0.3 is 14.1 Å². The second kappa shape index (κ2) is 6.45. The molecule has 27 heavy (non-hydrogen) atoms. The summed E-state index contributed by atoms with van der Waals surface area (Å²) < 4.78 is 33.6. The molecule has 2 aromatic heterocycles. The van der Waals surface area contributed by atoms with Gasteiger partial charge in [-0.15, -0.1) is 0 Å². The summed E-state index contributed by atoms with van der Waals surface area (Å²) in [6.45, 7) is 2.51. The van der Waals surface area contributed by atoms with Crippen molar-refractivity contribution in [2.75, 3.05) is 17.6 Å². The second-order valence-corrected chi connectivity index (χ2v) is 8.81. The van der Waals surface area contributed by atoms with E-state index in [0.717, 1.165) is 23.1 Å². The molecule has 0 radical (unpaired) electrons. The molecule has 4 rings (SSSR count). The van der Waals surface area contributed by atoms with Crippen molar-refractivity contribution >= 4 is 21.2 Å². The molecule has 7 nitrogen and oxygen atoms in total. The lowest BCUT2D eigenvalue weighted by Gasteiger charge is -2.14. The number of sulfonamides is 1. The maximum Gasteiger partial charge on any atom is 0.272 e. The third-order valence-electron chi connectivity index (χ3n) is 4.61. The molecular weight excluding hydrogens is 366 g/mol. The number of fused-ring (bicyclic) bond motifs is 1. The van der Waals surface area contributed by atoms with Crippen LogP contribution in [-0.2, 0) is 10.0 Å². The first kappa shape index (κ1) is 17.7. The van der Waals surface area contributed by atoms with Crippen molar-refractivity contribution in [2.24, 2.45) is 5.92 Å². The number of ether oxygens (including phenoxy) is 1. The van der Waals surface area contributed by atoms with E-state index in [9.17, 15) is 13.2 Å². The average Bonchev–Trinajstić information content (AvgIpc) is 3.35. The summed E-state index contributed by atoms with van der Waals surface area (Å²) in [5, 5.41) is 0. The lowest BCUT2D eigenvalue weighted by Crippen LogP contribution is -2.10. The summed E-state index contributed by atoms with van der Waals surface area (Å²) >= 11 is 0. The first-order valence-corrected chi connectivity index (χ1v) is 10.7. The Morgan fingerprint density at radius 3 is 2.78 bits per heavy atom. The van der Waals surface area contributed by atoms with Crippen molar-refractivity contribution in [3.05, 3.63) is 52.6 Å². The van der Waals surface area contributed by atoms with Gasteiger partial charge >= 0.3 is 0 Å². The van der Waals surface area contributed by atoms with Crippen molar-refractivity contribution in [3.8, 4) is 17.0 Å². The number of aromatic nitrogens is 2. The van der Waals surface area contributed by atoms with Gasteiger partial charge in [0.2, 0.25) is 10.0 Å². The summed E-state index contributed by atoms with van der Waals surface area (Å²) in [6.07, 6.45) is 6.82. The molecule has 0 atom stereocenters. The zero-order valence-electron chi connectivity index (χ0n) is 15.2. The van der Waals surface area contributed by atoms with Crippen LogP contribution in [0.25, 0.3) is 16.8 Å². The number of nitrogens with zero attached hydrogens (tertiary/aromatic N) is 1. The molecule has 1 aliphatic carbocycles. The summed E-state index contributed by atoms with van der Waals surface area (Å²) in [4.78, 5) is 14.9. The van der Waals surface area contributed by atoms with Crippen molar-refractivity contribution < 1.29 is 13.2 Å². The Kier molecular flexibility index (Phi) is 4.22. The fraction of sp³-hybridized carbons (Fsp3) is 0.316. The minimum absolute atomic E-state index is 0.174. The topological polar surface area (TPSA) is 92.7 Å². The van der Waals surface area contributed by atoms with Gasteiger partial charge in [0, 0.05) is 23.6 Å². The molecule has 1 aliphatic rings. The highest BCUT2D eigenvalue weighted by atomic mass is 32.2. The molecule has 1 aromatic carbocycles. The van der Waals surface area contributed by atoms with Crippen LogP contribution in [0.2, 0.25) is 0 Å². The first-order chi connectivity index (χ1) is 12.8. The van der Waals surface area contributed by atoms with Gasteiger partial charge in [-0.1, -0.05) is 0 Å². The van der Waals surface area contributed by atoms with Gasteiger partial charge in [-0.3, -0.25) is 9.52 Å². The number of H-pyrrole nitrogens is 1. The summed E-state index contributed by atoms with van der Waals surface area (Å²) in [5.74, 6) is 1.25. The van der Waals surface area contributed by atoms with Crippen LogP contribution in [0.15, 0.2) is 41.5 Å². The minimum Gasteiger partial charge on any atom is -0.493 e. The zero-order chi connectivity index (χ0) is 19.2. The summed E-state index contributed by atoms with van der Waals surface area (Å²) in [5.41, 5.74) is 3.17. The Bertz CT molecular complexity index is 1170. The molecule has 0 bridgehead atoms. The molecular formula is C19H21N3O4S. The van der Waals surface area contributed by atoms with Crippen LogP contribution in [0, 0.1) is 12.8 Å². The highest BCUT2D eigenvalue weighted by Gasteiger charge is 2.23. The van der Waals surface area contributed by atoms with Crippen molar-refractivity contribution in [2.45, 2.75) is 19.8 Å². The van der Waals surface area contributed by atoms with Crippen LogP contribution in [0.3, 0.4) is 0 Å². The number of aryl methyl sites for hydroxylation is 1. The maximum atomic E-state index is 12.2. The molecule has 0 saturated heterocycles. The van der Waals surface area contributed by atoms with E-state index in [1.165, 1.54) is 12.8 Å². The van der Waals surface area contributed by atoms with Crippen molar-refractivity contribution in [3.63, 3.8) is 0 Å². The number of benzene rings is 1. The van der Waals surface area contributed by atoms with Gasteiger partial charge in [0.25, 0.3) is 5.56 Å². The van der Waals surface area contributed by atoms with Gasteiger partial charge in [-0.25, -0.2) is 8.42 Å². The molecule has 142 valence electrons. The van der Waals surface area contributed by atoms with Gasteiger partial charge in [0.15, 0.2) is 0 Å². The number of rotatable bonds is 6. The van der Waals surface area contributed by atoms with Crippen LogP contribution >= 0.6 is 0 Å². The van der Waals surface area contributed by atoms with E-state index in [2.05, 4.69) is 9.71 Å². The highest BCUT2D eigenvalue weighted by Crippen LogP contribution is 2.37. The molecule has 0 aliphatic heterocycles. The van der Waals surface area contributed by atoms with Gasteiger partial charge in [-0.2, -0.15) is 0 Å². The molecule has 3 aromatic rings. The van der Waals surface area contributed by atoms with E-state index >= 15 is 0 Å². The predicted octanol–water partition coefficient (Wildman–Crippen LogP) is 2.76. The maximum absolute atomic E-state index is 12.2. The number of nitrogens with one attached hydrogen (secondary N) is 2. The molecule has 0 amide bonds. The van der Waals surface area contributed by atoms with E-state index < -0.39 is 10.0 Å². The van der Waals surface area contributed by atoms with E-state index in [1.807, 2.05) is 13.0 Å². The fourth-order valence-electron chi connectivity index (χ4n) is 3.19. The Morgan fingerprint density at radius 1 is 1.30 bits per heavy atom. The van der Waals surface area contributed by atoms with Gasteiger partial charge in [0.1, 0.15) is 11.3 Å². The Morgan fingerprint density at radius 2 is 2.07 bits per heavy atom. The number of hydrogen-bond donors (Lipinski definition) is 2. The summed E-state index contributed by atoms with van der Waals surface area (Å²) in [7, 11) is -3.40. The third kappa shape index (κ3) is 3.71. The number of aromatic amines is 1. The first-order valence-electron chi connectivity index (χ1n) is 8.76. The monoisotopic (exact) mass is 387 g/mol. The van der Waals surface area contributed by atoms with Crippen LogP contribution in [0.5, 0.6) is 5.75 Å². The zero-order valence-corrected chi connectivity index (χ0v) is 16.0. The van der Waals surface area contributed by atoms with Crippen molar-refractivity contribution in [1.29, 1.82) is 0 Å². The second-order valence-electron chi connectivity index (χ2n) is 7.06. The third-order valence-corrected chi connectivity index (χ3v) is 5.22. The van der Waals surface area contributed by atoms with Crippen molar-refractivity contribution in [1.82, 2.24) is 9.38 Å². The molecule has 0 unspecified atom stereocenters. The van der Waals surface area contributed by atoms with Gasteiger partial charge in [0.05, 0.1) is 18.6 Å². The molecule has 1 fully saturated rings. The molecule has 1 saturated carbocycles. The van der Waals surface area contributed by atoms with E-state index in [-0.39, 0.29) is 5.56 Å². The Labute approximate surface area is 157 Å². The molecule has 8 heteroatoms. The van der Waals surface area contributed by atoms with E-state index in [1.54, 1.807) is 35.0 Å². The van der Waals surface area contributed by atoms with Crippen LogP contribution in [0.4, 0.5) is 5.69 Å². The van der Waals surface area contributed by atoms with E-state index in [4.69, 9.17) is 4.74 Å².